The van der Waals surface area contributed by atoms with Crippen molar-refractivity contribution in [1.29, 1.82) is 0 Å². The van der Waals surface area contributed by atoms with Crippen molar-refractivity contribution in [1.82, 2.24) is 9.80 Å². The van der Waals surface area contributed by atoms with E-state index in [0.717, 1.165) is 30.7 Å². The van der Waals surface area contributed by atoms with E-state index >= 15 is 0 Å². The molecule has 0 spiro atoms. The van der Waals surface area contributed by atoms with Crippen LogP contribution in [0.5, 0.6) is 5.75 Å². The quantitative estimate of drug-likeness (QED) is 0.747. The number of halogens is 2. The first-order valence-corrected chi connectivity index (χ1v) is 8.73. The molecule has 1 aromatic carbocycles. The predicted molar refractivity (Wildman–Crippen MR) is 92.6 cm³/mol. The second-order valence-electron chi connectivity index (χ2n) is 5.64. The topological polar surface area (TPSA) is 32.8 Å². The molecular formula is C16H22BrClN2O2. The molecule has 4 nitrogen and oxygen atoms in total. The number of carbonyl (C=O) groups is 1. The Morgan fingerprint density at radius 3 is 2.77 bits per heavy atom. The number of rotatable bonds is 6. The van der Waals surface area contributed by atoms with E-state index in [4.69, 9.17) is 16.3 Å². The van der Waals surface area contributed by atoms with Gasteiger partial charge in [-0.2, -0.15) is 0 Å². The van der Waals surface area contributed by atoms with Crippen molar-refractivity contribution in [2.45, 2.75) is 25.9 Å². The highest BCUT2D eigenvalue weighted by Crippen LogP contribution is 2.28. The van der Waals surface area contributed by atoms with E-state index in [0.29, 0.717) is 10.8 Å². The highest BCUT2D eigenvalue weighted by molar-refractivity contribution is 9.10. The summed E-state index contributed by atoms with van der Waals surface area (Å²) in [7, 11) is 1.83. The van der Waals surface area contributed by atoms with Gasteiger partial charge in [-0.05, 0) is 67.0 Å². The molecule has 0 saturated carbocycles. The number of likely N-dealkylation sites (tertiary alicyclic amines) is 1. The average Bonchev–Trinajstić information content (AvgIpc) is 3.00. The van der Waals surface area contributed by atoms with E-state index in [1.54, 1.807) is 30.0 Å². The smallest absolute Gasteiger partial charge is 0.263 e. The lowest BCUT2D eigenvalue weighted by molar-refractivity contribution is -0.136. The molecule has 1 amide bonds. The number of benzene rings is 1. The van der Waals surface area contributed by atoms with Crippen LogP contribution >= 0.6 is 27.5 Å². The molecule has 22 heavy (non-hydrogen) atoms. The SMILES string of the molecule is CC(Oc1ccc(Cl)cc1Br)C(=O)N(C)CCN1CCCC1. The van der Waals surface area contributed by atoms with Crippen molar-refractivity contribution in [3.05, 3.63) is 27.7 Å². The molecule has 122 valence electrons. The molecule has 0 radical (unpaired) electrons. The number of hydrogen-bond donors (Lipinski definition) is 0. The Morgan fingerprint density at radius 2 is 2.14 bits per heavy atom. The average molecular weight is 390 g/mol. The molecule has 1 fully saturated rings. The molecule has 1 saturated heterocycles. The summed E-state index contributed by atoms with van der Waals surface area (Å²) in [4.78, 5) is 16.5. The van der Waals surface area contributed by atoms with Crippen LogP contribution < -0.4 is 4.74 Å². The third-order valence-corrected chi connectivity index (χ3v) is 4.73. The minimum atomic E-state index is -0.527. The Labute approximate surface area is 145 Å². The van der Waals surface area contributed by atoms with Crippen LogP contribution in [0.25, 0.3) is 0 Å². The van der Waals surface area contributed by atoms with Crippen molar-refractivity contribution in [2.24, 2.45) is 0 Å². The zero-order valence-corrected chi connectivity index (χ0v) is 15.4. The number of hydrogen-bond acceptors (Lipinski definition) is 3. The van der Waals surface area contributed by atoms with Crippen molar-refractivity contribution >= 4 is 33.4 Å². The molecule has 0 N–H and O–H groups in total. The van der Waals surface area contributed by atoms with Crippen molar-refractivity contribution in [3.8, 4) is 5.75 Å². The molecule has 0 aromatic heterocycles. The van der Waals surface area contributed by atoms with Gasteiger partial charge < -0.3 is 14.5 Å². The van der Waals surface area contributed by atoms with Gasteiger partial charge in [0.1, 0.15) is 5.75 Å². The molecule has 0 aliphatic carbocycles. The highest BCUT2D eigenvalue weighted by atomic mass is 79.9. The first kappa shape index (κ1) is 17.6. The summed E-state index contributed by atoms with van der Waals surface area (Å²) >= 11 is 9.30. The van der Waals surface area contributed by atoms with Gasteiger partial charge in [-0.3, -0.25) is 4.79 Å². The van der Waals surface area contributed by atoms with E-state index < -0.39 is 6.10 Å². The Kier molecular flexibility index (Phi) is 6.53. The Morgan fingerprint density at radius 1 is 1.45 bits per heavy atom. The lowest BCUT2D eigenvalue weighted by Crippen LogP contribution is -2.41. The second-order valence-corrected chi connectivity index (χ2v) is 6.93. The Bertz CT molecular complexity index is 521. The third kappa shape index (κ3) is 4.86. The summed E-state index contributed by atoms with van der Waals surface area (Å²) in [5.74, 6) is 0.610. The lowest BCUT2D eigenvalue weighted by Gasteiger charge is -2.24. The molecule has 1 heterocycles. The van der Waals surface area contributed by atoms with E-state index in [1.165, 1.54) is 12.8 Å². The summed E-state index contributed by atoms with van der Waals surface area (Å²) in [5, 5.41) is 0.626. The zero-order valence-electron chi connectivity index (χ0n) is 13.0. The number of ether oxygens (including phenoxy) is 1. The van der Waals surface area contributed by atoms with Crippen LogP contribution in [0.1, 0.15) is 19.8 Å². The maximum absolute atomic E-state index is 12.4. The normalized spacial score (nSPS) is 16.5. The fraction of sp³-hybridized carbons (Fsp3) is 0.562. The van der Waals surface area contributed by atoms with Crippen molar-refractivity contribution in [3.63, 3.8) is 0 Å². The van der Waals surface area contributed by atoms with Gasteiger partial charge in [0, 0.05) is 25.2 Å². The van der Waals surface area contributed by atoms with Crippen LogP contribution in [0.3, 0.4) is 0 Å². The molecule has 1 aliphatic rings. The molecule has 1 atom stereocenters. The largest absolute Gasteiger partial charge is 0.480 e. The Hall–Kier alpha value is -0.780. The van der Waals surface area contributed by atoms with Gasteiger partial charge in [-0.25, -0.2) is 0 Å². The van der Waals surface area contributed by atoms with Crippen LogP contribution in [0.2, 0.25) is 5.02 Å². The maximum Gasteiger partial charge on any atom is 0.263 e. The van der Waals surface area contributed by atoms with E-state index in [9.17, 15) is 4.79 Å². The minimum Gasteiger partial charge on any atom is -0.480 e. The number of nitrogens with zero attached hydrogens (tertiary/aromatic N) is 2. The summed E-state index contributed by atoms with van der Waals surface area (Å²) in [6.07, 6.45) is 2.00. The van der Waals surface area contributed by atoms with Gasteiger partial charge in [-0.1, -0.05) is 11.6 Å². The van der Waals surface area contributed by atoms with Crippen molar-refractivity contribution in [2.75, 3.05) is 33.2 Å². The van der Waals surface area contributed by atoms with Gasteiger partial charge in [0.15, 0.2) is 6.10 Å². The fourth-order valence-corrected chi connectivity index (χ4v) is 3.31. The van der Waals surface area contributed by atoms with Crippen LogP contribution in [0, 0.1) is 0 Å². The predicted octanol–water partition coefficient (Wildman–Crippen LogP) is 3.42. The van der Waals surface area contributed by atoms with Crippen LogP contribution in [-0.2, 0) is 4.79 Å². The maximum atomic E-state index is 12.4. The molecule has 1 unspecified atom stereocenters. The standard InChI is InChI=1S/C16H22BrClN2O2/c1-12(22-15-6-5-13(18)11-14(15)17)16(21)19(2)9-10-20-7-3-4-8-20/h5-6,11-12H,3-4,7-10H2,1-2H3. The zero-order chi connectivity index (χ0) is 16.1. The van der Waals surface area contributed by atoms with Gasteiger partial charge >= 0.3 is 0 Å². The van der Waals surface area contributed by atoms with Gasteiger partial charge in [-0.15, -0.1) is 0 Å². The van der Waals surface area contributed by atoms with E-state index in [1.807, 2.05) is 7.05 Å². The van der Waals surface area contributed by atoms with Crippen molar-refractivity contribution < 1.29 is 9.53 Å². The van der Waals surface area contributed by atoms with Crippen LogP contribution in [0.15, 0.2) is 22.7 Å². The number of carbonyl (C=O) groups excluding carboxylic acids is 1. The van der Waals surface area contributed by atoms with E-state index in [2.05, 4.69) is 20.8 Å². The molecule has 1 aromatic rings. The summed E-state index contributed by atoms with van der Waals surface area (Å²) in [6.45, 7) is 5.72. The summed E-state index contributed by atoms with van der Waals surface area (Å²) in [6, 6.07) is 5.27. The van der Waals surface area contributed by atoms with Gasteiger partial charge in [0.05, 0.1) is 4.47 Å². The van der Waals surface area contributed by atoms with Crippen LogP contribution in [0.4, 0.5) is 0 Å². The molecule has 2 rings (SSSR count). The minimum absolute atomic E-state index is 0.0129. The molecule has 1 aliphatic heterocycles. The monoisotopic (exact) mass is 388 g/mol. The summed E-state index contributed by atoms with van der Waals surface area (Å²) < 4.78 is 6.49. The van der Waals surface area contributed by atoms with Crippen LogP contribution in [-0.4, -0.2) is 55.0 Å². The third-order valence-electron chi connectivity index (χ3n) is 3.87. The highest BCUT2D eigenvalue weighted by Gasteiger charge is 2.21. The molecule has 0 bridgehead atoms. The first-order valence-electron chi connectivity index (χ1n) is 7.56. The Balaban J connectivity index is 1.84. The second kappa shape index (κ2) is 8.18. The first-order chi connectivity index (χ1) is 10.5. The molecule has 6 heteroatoms. The number of amides is 1. The number of likely N-dealkylation sites (N-methyl/N-ethyl adjacent to an activating group) is 1. The van der Waals surface area contributed by atoms with E-state index in [-0.39, 0.29) is 5.91 Å². The van der Waals surface area contributed by atoms with Gasteiger partial charge in [0.25, 0.3) is 5.91 Å². The van der Waals surface area contributed by atoms with Gasteiger partial charge in [0.2, 0.25) is 0 Å². The lowest BCUT2D eigenvalue weighted by atomic mass is 10.3. The molecular weight excluding hydrogens is 368 g/mol. The summed E-state index contributed by atoms with van der Waals surface area (Å²) in [5.41, 5.74) is 0. The fourth-order valence-electron chi connectivity index (χ4n) is 2.53.